The van der Waals surface area contributed by atoms with Gasteiger partial charge in [0.2, 0.25) is 0 Å². The lowest BCUT2D eigenvalue weighted by atomic mass is 10.2. The predicted octanol–water partition coefficient (Wildman–Crippen LogP) is 3.67. The Labute approximate surface area is 120 Å². The van der Waals surface area contributed by atoms with Crippen LogP contribution in [0.25, 0.3) is 0 Å². The van der Waals surface area contributed by atoms with Crippen LogP contribution in [0.15, 0.2) is 48.3 Å². The number of methoxy groups -OCH3 is 1. The van der Waals surface area contributed by atoms with Crippen LogP contribution in [0.2, 0.25) is 0 Å². The number of ether oxygens (including phenoxy) is 3. The predicted molar refractivity (Wildman–Crippen MR) is 79.4 cm³/mol. The third kappa shape index (κ3) is 4.74. The molecular formula is C17H21O3. The van der Waals surface area contributed by atoms with E-state index >= 15 is 0 Å². The fourth-order valence-corrected chi connectivity index (χ4v) is 1.96. The first kappa shape index (κ1) is 14.7. The van der Waals surface area contributed by atoms with Gasteiger partial charge in [0.15, 0.2) is 0 Å². The van der Waals surface area contributed by atoms with Crippen LogP contribution in [0.3, 0.4) is 0 Å². The molecule has 0 aliphatic heterocycles. The number of para-hydroxylation sites is 1. The first-order valence-corrected chi connectivity index (χ1v) is 6.92. The maximum absolute atomic E-state index is 5.65. The van der Waals surface area contributed by atoms with Crippen LogP contribution >= 0.6 is 0 Å². The van der Waals surface area contributed by atoms with Crippen molar-refractivity contribution in [3.63, 3.8) is 0 Å². The second kappa shape index (κ2) is 8.43. The van der Waals surface area contributed by atoms with E-state index in [1.54, 1.807) is 7.11 Å². The highest BCUT2D eigenvalue weighted by atomic mass is 16.5. The number of benzene rings is 1. The van der Waals surface area contributed by atoms with E-state index in [1.807, 2.05) is 36.4 Å². The Balaban J connectivity index is 1.59. The smallest absolute Gasteiger partial charge is 0.124 e. The lowest BCUT2D eigenvalue weighted by Gasteiger charge is -2.11. The van der Waals surface area contributed by atoms with Gasteiger partial charge in [-0.05, 0) is 31.1 Å². The molecule has 0 saturated heterocycles. The maximum atomic E-state index is 5.65. The number of hydrogen-bond donors (Lipinski definition) is 0. The molecule has 1 aromatic carbocycles. The van der Waals surface area contributed by atoms with Crippen LogP contribution in [0.1, 0.15) is 18.4 Å². The van der Waals surface area contributed by atoms with Crippen molar-refractivity contribution < 1.29 is 14.2 Å². The first-order chi connectivity index (χ1) is 9.90. The molecule has 0 N–H and O–H groups in total. The average Bonchev–Trinajstić information content (AvgIpc) is 2.52. The minimum absolute atomic E-state index is 0.571. The van der Waals surface area contributed by atoms with E-state index in [0.717, 1.165) is 29.9 Å². The van der Waals surface area contributed by atoms with Crippen molar-refractivity contribution in [2.24, 2.45) is 0 Å². The van der Waals surface area contributed by atoms with E-state index in [0.29, 0.717) is 19.8 Å². The van der Waals surface area contributed by atoms with Gasteiger partial charge in [0.1, 0.15) is 11.5 Å². The van der Waals surface area contributed by atoms with Gasteiger partial charge in [-0.25, -0.2) is 0 Å². The Hall–Kier alpha value is -1.74. The van der Waals surface area contributed by atoms with E-state index < -0.39 is 0 Å². The molecule has 1 aliphatic carbocycles. The summed E-state index contributed by atoms with van der Waals surface area (Å²) >= 11 is 0. The Morgan fingerprint density at radius 3 is 2.85 bits per heavy atom. The molecule has 20 heavy (non-hydrogen) atoms. The zero-order chi connectivity index (χ0) is 14.0. The summed E-state index contributed by atoms with van der Waals surface area (Å²) in [7, 11) is 1.68. The molecule has 0 saturated carbocycles. The largest absolute Gasteiger partial charge is 0.496 e. The van der Waals surface area contributed by atoms with Crippen molar-refractivity contribution >= 4 is 0 Å². The van der Waals surface area contributed by atoms with Gasteiger partial charge in [-0.2, -0.15) is 0 Å². The lowest BCUT2D eigenvalue weighted by Crippen LogP contribution is -2.02. The van der Waals surface area contributed by atoms with Crippen LogP contribution in [0, 0.1) is 6.42 Å². The van der Waals surface area contributed by atoms with Gasteiger partial charge in [-0.1, -0.05) is 24.3 Å². The van der Waals surface area contributed by atoms with E-state index in [1.165, 1.54) is 0 Å². The molecule has 0 fully saturated rings. The first-order valence-electron chi connectivity index (χ1n) is 6.92. The highest BCUT2D eigenvalue weighted by Crippen LogP contribution is 2.18. The molecule has 0 aromatic heterocycles. The molecule has 107 valence electrons. The molecule has 1 aromatic rings. The minimum atomic E-state index is 0.571. The maximum Gasteiger partial charge on any atom is 0.124 e. The molecule has 3 nitrogen and oxygen atoms in total. The average molecular weight is 273 g/mol. The second-order valence-corrected chi connectivity index (χ2v) is 4.50. The third-order valence-electron chi connectivity index (χ3n) is 3.00. The topological polar surface area (TPSA) is 27.7 Å². The van der Waals surface area contributed by atoms with Crippen molar-refractivity contribution in [3.05, 3.63) is 60.2 Å². The summed E-state index contributed by atoms with van der Waals surface area (Å²) in [6.07, 6.45) is 10.0. The minimum Gasteiger partial charge on any atom is -0.496 e. The monoisotopic (exact) mass is 273 g/mol. The highest BCUT2D eigenvalue weighted by molar-refractivity contribution is 5.32. The van der Waals surface area contributed by atoms with Gasteiger partial charge >= 0.3 is 0 Å². The summed E-state index contributed by atoms with van der Waals surface area (Å²) in [6, 6.07) is 7.91. The van der Waals surface area contributed by atoms with Crippen molar-refractivity contribution in [2.75, 3.05) is 20.3 Å². The van der Waals surface area contributed by atoms with Gasteiger partial charge in [-0.15, -0.1) is 0 Å². The fraction of sp³-hybridized carbons (Fsp3) is 0.353. The summed E-state index contributed by atoms with van der Waals surface area (Å²) in [5.41, 5.74) is 1.07. The summed E-state index contributed by atoms with van der Waals surface area (Å²) in [5, 5.41) is 0. The molecule has 0 atom stereocenters. The summed E-state index contributed by atoms with van der Waals surface area (Å²) in [5.74, 6) is 1.83. The number of rotatable bonds is 8. The molecule has 0 bridgehead atoms. The van der Waals surface area contributed by atoms with Crippen LogP contribution in [-0.2, 0) is 16.1 Å². The van der Waals surface area contributed by atoms with Crippen molar-refractivity contribution in [1.82, 2.24) is 0 Å². The quantitative estimate of drug-likeness (QED) is 0.676. The van der Waals surface area contributed by atoms with Gasteiger partial charge in [-0.3, -0.25) is 0 Å². The zero-order valence-corrected chi connectivity index (χ0v) is 11.9. The van der Waals surface area contributed by atoms with E-state index in [9.17, 15) is 0 Å². The SMILES string of the molecule is COc1ccccc1COCCCOC1=CC[CH]C=C1. The van der Waals surface area contributed by atoms with E-state index in [-0.39, 0.29) is 0 Å². The zero-order valence-electron chi connectivity index (χ0n) is 11.9. The van der Waals surface area contributed by atoms with Gasteiger partial charge < -0.3 is 14.2 Å². The van der Waals surface area contributed by atoms with Crippen molar-refractivity contribution in [3.8, 4) is 5.75 Å². The van der Waals surface area contributed by atoms with E-state index in [2.05, 4.69) is 12.5 Å². The molecule has 0 heterocycles. The molecule has 1 radical (unpaired) electrons. The number of hydrogen-bond acceptors (Lipinski definition) is 3. The normalized spacial score (nSPS) is 13.9. The lowest BCUT2D eigenvalue weighted by molar-refractivity contribution is 0.0960. The molecule has 2 rings (SSSR count). The molecule has 0 unspecified atom stereocenters. The van der Waals surface area contributed by atoms with Crippen molar-refractivity contribution in [1.29, 1.82) is 0 Å². The summed E-state index contributed by atoms with van der Waals surface area (Å²) < 4.78 is 16.6. The Morgan fingerprint density at radius 2 is 2.05 bits per heavy atom. The standard InChI is InChI=1S/C17H21O3/c1-18-17-11-6-5-8-15(17)14-19-12-7-13-20-16-9-3-2-4-10-16/h2-3,5-6,8-11H,4,7,12-14H2,1H3. The van der Waals surface area contributed by atoms with Crippen LogP contribution in [-0.4, -0.2) is 20.3 Å². The molecule has 0 spiro atoms. The molecule has 1 aliphatic rings. The van der Waals surface area contributed by atoms with E-state index in [4.69, 9.17) is 14.2 Å². The van der Waals surface area contributed by atoms with Crippen LogP contribution in [0.4, 0.5) is 0 Å². The Bertz CT molecular complexity index is 463. The molecule has 0 amide bonds. The van der Waals surface area contributed by atoms with Gasteiger partial charge in [0, 0.05) is 12.0 Å². The highest BCUT2D eigenvalue weighted by Gasteiger charge is 2.02. The fourth-order valence-electron chi connectivity index (χ4n) is 1.96. The van der Waals surface area contributed by atoms with Crippen LogP contribution < -0.4 is 4.74 Å². The second-order valence-electron chi connectivity index (χ2n) is 4.50. The third-order valence-corrected chi connectivity index (χ3v) is 3.00. The Morgan fingerprint density at radius 1 is 1.15 bits per heavy atom. The van der Waals surface area contributed by atoms with Gasteiger partial charge in [0.25, 0.3) is 0 Å². The summed E-state index contributed by atoms with van der Waals surface area (Å²) in [6.45, 7) is 1.94. The van der Waals surface area contributed by atoms with Crippen molar-refractivity contribution in [2.45, 2.75) is 19.4 Å². The molecule has 3 heteroatoms. The van der Waals surface area contributed by atoms with Crippen LogP contribution in [0.5, 0.6) is 5.75 Å². The summed E-state index contributed by atoms with van der Waals surface area (Å²) in [4.78, 5) is 0. The molecular weight excluding hydrogens is 252 g/mol. The Kier molecular flexibility index (Phi) is 6.18. The number of allylic oxidation sites excluding steroid dienone is 3. The van der Waals surface area contributed by atoms with Gasteiger partial charge in [0.05, 0.1) is 26.9 Å².